The molecule has 1 aliphatic heterocycles. The van der Waals surface area contributed by atoms with Gasteiger partial charge in [-0.25, -0.2) is 4.98 Å². The lowest BCUT2D eigenvalue weighted by Crippen LogP contribution is -2.48. The fourth-order valence-corrected chi connectivity index (χ4v) is 4.67. The van der Waals surface area contributed by atoms with E-state index < -0.39 is 6.10 Å². The topological polar surface area (TPSA) is 101 Å². The van der Waals surface area contributed by atoms with Crippen molar-refractivity contribution in [2.45, 2.75) is 25.7 Å². The van der Waals surface area contributed by atoms with Gasteiger partial charge >= 0.3 is 0 Å². The van der Waals surface area contributed by atoms with Crippen molar-refractivity contribution in [3.63, 3.8) is 0 Å². The summed E-state index contributed by atoms with van der Waals surface area (Å²) in [7, 11) is 4.97. The van der Waals surface area contributed by atoms with E-state index in [0.29, 0.717) is 62.4 Å². The van der Waals surface area contributed by atoms with Crippen LogP contribution < -0.4 is 9.47 Å². The zero-order chi connectivity index (χ0) is 28.3. The summed E-state index contributed by atoms with van der Waals surface area (Å²) in [5.74, 6) is 1.69. The maximum Gasteiger partial charge on any atom is 0.275 e. The lowest BCUT2D eigenvalue weighted by Gasteiger charge is -2.34. The highest BCUT2D eigenvalue weighted by molar-refractivity contribution is 5.91. The van der Waals surface area contributed by atoms with E-state index in [1.54, 1.807) is 26.2 Å². The number of amides is 1. The molecule has 10 nitrogen and oxygen atoms in total. The molecule has 1 amide bonds. The molecule has 40 heavy (non-hydrogen) atoms. The summed E-state index contributed by atoms with van der Waals surface area (Å²) in [4.78, 5) is 23.5. The third-order valence-electron chi connectivity index (χ3n) is 7.02. The van der Waals surface area contributed by atoms with Crippen molar-refractivity contribution in [2.24, 2.45) is 0 Å². The number of aliphatic hydroxyl groups excluding tert-OH is 1. The van der Waals surface area contributed by atoms with E-state index in [4.69, 9.17) is 18.6 Å². The third kappa shape index (κ3) is 8.53. The van der Waals surface area contributed by atoms with Crippen molar-refractivity contribution < 1.29 is 28.5 Å². The van der Waals surface area contributed by atoms with Gasteiger partial charge in [0.15, 0.2) is 17.2 Å². The van der Waals surface area contributed by atoms with Crippen LogP contribution in [0.3, 0.4) is 0 Å². The lowest BCUT2D eigenvalue weighted by molar-refractivity contribution is 0.000371. The molecular formula is C30H40N4O6. The first-order chi connectivity index (χ1) is 19.4. The van der Waals surface area contributed by atoms with Crippen LogP contribution in [-0.4, -0.2) is 104 Å². The van der Waals surface area contributed by atoms with Gasteiger partial charge in [0.25, 0.3) is 5.91 Å². The molecule has 10 heteroatoms. The summed E-state index contributed by atoms with van der Waals surface area (Å²) in [6, 6.07) is 15.7. The van der Waals surface area contributed by atoms with Gasteiger partial charge in [-0.05, 0) is 29.7 Å². The number of β-amino-alcohol motifs (C(OH)–C–C–N with tert-alkyl or cyclic N) is 1. The van der Waals surface area contributed by atoms with Crippen LogP contribution in [-0.2, 0) is 24.3 Å². The minimum absolute atomic E-state index is 0.177. The van der Waals surface area contributed by atoms with Crippen LogP contribution in [0.15, 0.2) is 59.2 Å². The van der Waals surface area contributed by atoms with Crippen LogP contribution in [0.4, 0.5) is 0 Å². The molecule has 2 heterocycles. The van der Waals surface area contributed by atoms with E-state index in [1.165, 1.54) is 6.26 Å². The number of nitrogens with zero attached hydrogens (tertiary/aromatic N) is 4. The van der Waals surface area contributed by atoms with Crippen molar-refractivity contribution in [3.05, 3.63) is 77.5 Å². The number of piperazine rings is 1. The molecule has 3 aromatic rings. The molecule has 1 aliphatic rings. The predicted molar refractivity (Wildman–Crippen MR) is 151 cm³/mol. The highest BCUT2D eigenvalue weighted by Gasteiger charge is 2.22. The molecule has 4 rings (SSSR count). The molecular weight excluding hydrogens is 512 g/mol. The second-order valence-corrected chi connectivity index (χ2v) is 10.0. The van der Waals surface area contributed by atoms with Crippen molar-refractivity contribution in [1.29, 1.82) is 0 Å². The average molecular weight is 553 g/mol. The Morgan fingerprint density at radius 2 is 1.75 bits per heavy atom. The van der Waals surface area contributed by atoms with Crippen LogP contribution in [0.5, 0.6) is 11.5 Å². The van der Waals surface area contributed by atoms with Gasteiger partial charge in [0.1, 0.15) is 6.26 Å². The SMILES string of the molecule is COc1ccc(CCN(C)C(=O)c2coc(CN3CCN(CC(O)COCc4ccccc4)CC3)n2)cc1OC. The van der Waals surface area contributed by atoms with Gasteiger partial charge in [-0.3, -0.25) is 14.6 Å². The lowest BCUT2D eigenvalue weighted by atomic mass is 10.1. The van der Waals surface area contributed by atoms with Crippen LogP contribution in [0.25, 0.3) is 0 Å². The number of hydrogen-bond acceptors (Lipinski definition) is 9. The molecule has 0 saturated carbocycles. The molecule has 1 aromatic heterocycles. The van der Waals surface area contributed by atoms with E-state index in [-0.39, 0.29) is 5.91 Å². The number of likely N-dealkylation sites (N-methyl/N-ethyl adjacent to an activating group) is 1. The first-order valence-electron chi connectivity index (χ1n) is 13.6. The molecule has 2 aromatic carbocycles. The van der Waals surface area contributed by atoms with Crippen molar-refractivity contribution >= 4 is 5.91 Å². The minimum atomic E-state index is -0.528. The second kappa shape index (κ2) is 14.8. The summed E-state index contributed by atoms with van der Waals surface area (Å²) in [5, 5.41) is 10.4. The van der Waals surface area contributed by atoms with Crippen LogP contribution in [0, 0.1) is 0 Å². The molecule has 1 N–H and O–H groups in total. The highest BCUT2D eigenvalue weighted by atomic mass is 16.5. The largest absolute Gasteiger partial charge is 0.493 e. The van der Waals surface area contributed by atoms with Gasteiger partial charge in [-0.1, -0.05) is 36.4 Å². The van der Waals surface area contributed by atoms with Gasteiger partial charge in [-0.15, -0.1) is 0 Å². The molecule has 216 valence electrons. The molecule has 0 aliphatic carbocycles. The molecule has 1 fully saturated rings. The minimum Gasteiger partial charge on any atom is -0.493 e. The molecule has 0 radical (unpaired) electrons. The van der Waals surface area contributed by atoms with Gasteiger partial charge in [0.2, 0.25) is 5.89 Å². The fraction of sp³-hybridized carbons (Fsp3) is 0.467. The Bertz CT molecular complexity index is 1200. The number of oxazole rings is 1. The van der Waals surface area contributed by atoms with Gasteiger partial charge in [0, 0.05) is 46.3 Å². The summed E-state index contributed by atoms with van der Waals surface area (Å²) >= 11 is 0. The Balaban J connectivity index is 1.16. The number of ether oxygens (including phenoxy) is 3. The summed E-state index contributed by atoms with van der Waals surface area (Å²) in [6.07, 6.45) is 1.58. The van der Waals surface area contributed by atoms with Gasteiger partial charge < -0.3 is 28.6 Å². The van der Waals surface area contributed by atoms with Gasteiger partial charge in [0.05, 0.1) is 40.1 Å². The standard InChI is InChI=1S/C30H40N4O6/c1-32(12-11-23-9-10-27(37-2)28(17-23)38-3)30(36)26-22-40-29(31-26)19-34-15-13-33(14-16-34)18-25(35)21-39-20-24-7-5-4-6-8-24/h4-10,17,22,25,35H,11-16,18-21H2,1-3H3. The zero-order valence-corrected chi connectivity index (χ0v) is 23.6. The number of rotatable bonds is 14. The Hall–Kier alpha value is -3.44. The van der Waals surface area contributed by atoms with Crippen molar-refractivity contribution in [3.8, 4) is 11.5 Å². The molecule has 1 unspecified atom stereocenters. The molecule has 1 saturated heterocycles. The summed E-state index contributed by atoms with van der Waals surface area (Å²) < 4.78 is 21.9. The third-order valence-corrected chi connectivity index (χ3v) is 7.02. The first-order valence-corrected chi connectivity index (χ1v) is 13.6. The van der Waals surface area contributed by atoms with Crippen LogP contribution in [0.1, 0.15) is 27.5 Å². The Morgan fingerprint density at radius 3 is 2.48 bits per heavy atom. The van der Waals surface area contributed by atoms with E-state index >= 15 is 0 Å². The maximum absolute atomic E-state index is 12.9. The van der Waals surface area contributed by atoms with Crippen LogP contribution >= 0.6 is 0 Å². The normalized spacial score (nSPS) is 15.1. The average Bonchev–Trinajstić information content (AvgIpc) is 3.45. The van der Waals surface area contributed by atoms with E-state index in [1.807, 2.05) is 48.5 Å². The van der Waals surface area contributed by atoms with Crippen molar-refractivity contribution in [1.82, 2.24) is 19.7 Å². The smallest absolute Gasteiger partial charge is 0.275 e. The van der Waals surface area contributed by atoms with E-state index in [9.17, 15) is 9.90 Å². The number of hydrogen-bond donors (Lipinski definition) is 1. The first kappa shape index (κ1) is 29.5. The molecule has 1 atom stereocenters. The number of carbonyl (C=O) groups is 1. The molecule has 0 bridgehead atoms. The zero-order valence-electron chi connectivity index (χ0n) is 23.6. The number of methoxy groups -OCH3 is 2. The Morgan fingerprint density at radius 1 is 1.02 bits per heavy atom. The number of aliphatic hydroxyl groups is 1. The fourth-order valence-electron chi connectivity index (χ4n) is 4.67. The number of benzene rings is 2. The van der Waals surface area contributed by atoms with Gasteiger partial charge in [-0.2, -0.15) is 0 Å². The highest BCUT2D eigenvalue weighted by Crippen LogP contribution is 2.27. The summed E-state index contributed by atoms with van der Waals surface area (Å²) in [5.41, 5.74) is 2.45. The summed E-state index contributed by atoms with van der Waals surface area (Å²) in [6.45, 7) is 5.78. The molecule has 0 spiro atoms. The monoisotopic (exact) mass is 552 g/mol. The second-order valence-electron chi connectivity index (χ2n) is 10.0. The van der Waals surface area contributed by atoms with E-state index in [0.717, 1.165) is 37.3 Å². The van der Waals surface area contributed by atoms with Crippen LogP contribution in [0.2, 0.25) is 0 Å². The number of carbonyl (C=O) groups excluding carboxylic acids is 1. The maximum atomic E-state index is 12.9. The quantitative estimate of drug-likeness (QED) is 0.324. The van der Waals surface area contributed by atoms with Crippen molar-refractivity contribution in [2.75, 3.05) is 67.1 Å². The number of aromatic nitrogens is 1. The Kier molecular flexibility index (Phi) is 10.9. The predicted octanol–water partition coefficient (Wildman–Crippen LogP) is 2.70. The van der Waals surface area contributed by atoms with E-state index in [2.05, 4.69) is 14.8 Å². The Labute approximate surface area is 236 Å².